The second-order valence-corrected chi connectivity index (χ2v) is 9.02. The smallest absolute Gasteiger partial charge is 0.335 e. The highest BCUT2D eigenvalue weighted by molar-refractivity contribution is 5.87. The van der Waals surface area contributed by atoms with Crippen LogP contribution in [0.5, 0.6) is 0 Å². The molecule has 146 valence electrons. The van der Waals surface area contributed by atoms with Gasteiger partial charge in [-0.1, -0.05) is 12.1 Å². The quantitative estimate of drug-likeness (QED) is 0.854. The molecule has 1 aromatic rings. The number of nitrogens with zero attached hydrogens (tertiary/aromatic N) is 1. The Kier molecular flexibility index (Phi) is 4.41. The van der Waals surface area contributed by atoms with Crippen LogP contribution in [-0.2, 0) is 11.3 Å². The standard InChI is InChI=1S/C21H28N2O4/c1-20(2)12-23(13-21(27-20)10-15-5-8-17(21)9-15)19(26)22-11-14-3-6-16(7-4-14)18(24)25/h3-4,6-7,15,17H,5,8-13H2,1-2H3,(H,22,26)(H,24,25)/t15-,17+,21+/m1/s1. The van der Waals surface area contributed by atoms with Crippen LogP contribution in [0.2, 0.25) is 0 Å². The summed E-state index contributed by atoms with van der Waals surface area (Å²) in [6, 6.07) is 6.53. The summed E-state index contributed by atoms with van der Waals surface area (Å²) < 4.78 is 6.56. The van der Waals surface area contributed by atoms with Crippen LogP contribution in [0, 0.1) is 11.8 Å². The van der Waals surface area contributed by atoms with Gasteiger partial charge in [-0.2, -0.15) is 0 Å². The molecule has 2 amide bonds. The third-order valence-electron chi connectivity index (χ3n) is 6.36. The van der Waals surface area contributed by atoms with Crippen molar-refractivity contribution in [2.24, 2.45) is 11.8 Å². The summed E-state index contributed by atoms with van der Waals surface area (Å²) in [6.45, 7) is 5.78. The van der Waals surface area contributed by atoms with E-state index in [9.17, 15) is 9.59 Å². The number of hydrogen-bond donors (Lipinski definition) is 2. The molecule has 2 aliphatic carbocycles. The Labute approximate surface area is 159 Å². The normalized spacial score (nSPS) is 31.3. The largest absolute Gasteiger partial charge is 0.478 e. The third-order valence-corrected chi connectivity index (χ3v) is 6.36. The van der Waals surface area contributed by atoms with E-state index in [2.05, 4.69) is 19.2 Å². The molecular weight excluding hydrogens is 344 g/mol. The number of morpholine rings is 1. The molecule has 0 aromatic heterocycles. The first-order valence-corrected chi connectivity index (χ1v) is 9.82. The average molecular weight is 372 g/mol. The molecule has 0 radical (unpaired) electrons. The number of amides is 2. The number of rotatable bonds is 3. The molecule has 0 unspecified atom stereocenters. The van der Waals surface area contributed by atoms with Crippen molar-refractivity contribution >= 4 is 12.0 Å². The van der Waals surface area contributed by atoms with E-state index in [1.165, 1.54) is 19.3 Å². The fraction of sp³-hybridized carbons (Fsp3) is 0.619. The number of aromatic carboxylic acids is 1. The maximum atomic E-state index is 12.8. The van der Waals surface area contributed by atoms with Crippen LogP contribution in [0.1, 0.15) is 55.5 Å². The van der Waals surface area contributed by atoms with Crippen LogP contribution in [0.3, 0.4) is 0 Å². The molecule has 1 saturated heterocycles. The van der Waals surface area contributed by atoms with Crippen molar-refractivity contribution in [3.8, 4) is 0 Å². The number of ether oxygens (including phenoxy) is 1. The van der Waals surface area contributed by atoms with Gasteiger partial charge in [0.2, 0.25) is 0 Å². The van der Waals surface area contributed by atoms with Gasteiger partial charge in [-0.15, -0.1) is 0 Å². The van der Waals surface area contributed by atoms with E-state index in [-0.39, 0.29) is 22.8 Å². The highest BCUT2D eigenvalue weighted by atomic mass is 16.5. The zero-order valence-corrected chi connectivity index (χ0v) is 16.0. The molecule has 2 bridgehead atoms. The summed E-state index contributed by atoms with van der Waals surface area (Å²) in [5, 5.41) is 12.0. The van der Waals surface area contributed by atoms with Gasteiger partial charge >= 0.3 is 12.0 Å². The monoisotopic (exact) mass is 372 g/mol. The van der Waals surface area contributed by atoms with E-state index in [4.69, 9.17) is 9.84 Å². The fourth-order valence-corrected chi connectivity index (χ4v) is 5.36. The van der Waals surface area contributed by atoms with E-state index >= 15 is 0 Å². The Morgan fingerprint density at radius 1 is 1.22 bits per heavy atom. The highest BCUT2D eigenvalue weighted by Gasteiger charge is 2.57. The second kappa shape index (κ2) is 6.51. The first kappa shape index (κ1) is 18.3. The molecule has 27 heavy (non-hydrogen) atoms. The van der Waals surface area contributed by atoms with Gasteiger partial charge < -0.3 is 20.1 Å². The maximum absolute atomic E-state index is 12.8. The minimum atomic E-state index is -0.947. The summed E-state index contributed by atoms with van der Waals surface area (Å²) in [5.41, 5.74) is 0.614. The molecule has 1 spiro atoms. The Hall–Kier alpha value is -2.08. The number of benzene rings is 1. The van der Waals surface area contributed by atoms with E-state index in [1.54, 1.807) is 24.3 Å². The Bertz CT molecular complexity index is 745. The summed E-state index contributed by atoms with van der Waals surface area (Å²) in [7, 11) is 0. The van der Waals surface area contributed by atoms with Gasteiger partial charge in [0.05, 0.1) is 29.9 Å². The summed E-state index contributed by atoms with van der Waals surface area (Å²) in [5.74, 6) is 0.375. The van der Waals surface area contributed by atoms with Crippen LogP contribution in [0.4, 0.5) is 4.79 Å². The average Bonchev–Trinajstić information content (AvgIpc) is 3.19. The maximum Gasteiger partial charge on any atom is 0.335 e. The SMILES string of the molecule is CC1(C)CN(C(=O)NCc2ccc(C(=O)O)cc2)C[C@]2(C[C@@H]3CC[C@H]2C3)O1. The van der Waals surface area contributed by atoms with Gasteiger partial charge in [0.25, 0.3) is 0 Å². The lowest BCUT2D eigenvalue weighted by Crippen LogP contribution is -2.64. The van der Waals surface area contributed by atoms with Crippen LogP contribution in [0.25, 0.3) is 0 Å². The number of carboxylic acid groups (broad SMARTS) is 1. The lowest BCUT2D eigenvalue weighted by Gasteiger charge is -2.52. The van der Waals surface area contributed by atoms with Crippen LogP contribution in [0.15, 0.2) is 24.3 Å². The molecule has 6 heteroatoms. The van der Waals surface area contributed by atoms with Crippen molar-refractivity contribution in [1.82, 2.24) is 10.2 Å². The van der Waals surface area contributed by atoms with E-state index in [1.807, 2.05) is 4.90 Å². The number of nitrogens with one attached hydrogen (secondary N) is 1. The van der Waals surface area contributed by atoms with E-state index in [0.717, 1.165) is 17.9 Å². The molecule has 6 nitrogen and oxygen atoms in total. The number of carbonyl (C=O) groups is 2. The molecule has 2 N–H and O–H groups in total. The van der Waals surface area contributed by atoms with Crippen molar-refractivity contribution in [3.63, 3.8) is 0 Å². The van der Waals surface area contributed by atoms with Crippen molar-refractivity contribution in [2.75, 3.05) is 13.1 Å². The topological polar surface area (TPSA) is 78.9 Å². The van der Waals surface area contributed by atoms with Gasteiger partial charge in [-0.25, -0.2) is 9.59 Å². The first-order chi connectivity index (χ1) is 12.8. The first-order valence-electron chi connectivity index (χ1n) is 9.82. The van der Waals surface area contributed by atoms with Gasteiger partial charge in [-0.3, -0.25) is 0 Å². The lowest BCUT2D eigenvalue weighted by molar-refractivity contribution is -0.208. The Balaban J connectivity index is 1.41. The zero-order valence-electron chi connectivity index (χ0n) is 16.0. The molecule has 1 aromatic carbocycles. The van der Waals surface area contributed by atoms with Crippen LogP contribution < -0.4 is 5.32 Å². The molecule has 3 fully saturated rings. The number of carboxylic acids is 1. The minimum absolute atomic E-state index is 0.0733. The predicted molar refractivity (Wildman–Crippen MR) is 101 cm³/mol. The summed E-state index contributed by atoms with van der Waals surface area (Å²) in [4.78, 5) is 25.7. The number of fused-ring (bicyclic) bond motifs is 3. The van der Waals surface area contributed by atoms with Crippen LogP contribution in [-0.4, -0.2) is 46.3 Å². The number of carbonyl (C=O) groups excluding carboxylic acids is 1. The number of urea groups is 1. The van der Waals surface area contributed by atoms with Gasteiger partial charge in [-0.05, 0) is 69.1 Å². The van der Waals surface area contributed by atoms with E-state index < -0.39 is 5.97 Å². The summed E-state index contributed by atoms with van der Waals surface area (Å²) >= 11 is 0. The minimum Gasteiger partial charge on any atom is -0.478 e. The van der Waals surface area contributed by atoms with Gasteiger partial charge in [0.1, 0.15) is 0 Å². The van der Waals surface area contributed by atoms with Crippen LogP contribution >= 0.6 is 0 Å². The van der Waals surface area contributed by atoms with Crippen molar-refractivity contribution in [1.29, 1.82) is 0 Å². The third kappa shape index (κ3) is 3.55. The van der Waals surface area contributed by atoms with Crippen molar-refractivity contribution in [2.45, 2.75) is 57.3 Å². The molecule has 2 saturated carbocycles. The zero-order chi connectivity index (χ0) is 19.2. The van der Waals surface area contributed by atoms with Gasteiger partial charge in [0, 0.05) is 6.54 Å². The molecule has 4 rings (SSSR count). The highest BCUT2D eigenvalue weighted by Crippen LogP contribution is 2.55. The Morgan fingerprint density at radius 3 is 2.56 bits per heavy atom. The molecular formula is C21H28N2O4. The fourth-order valence-electron chi connectivity index (χ4n) is 5.36. The molecule has 3 aliphatic rings. The lowest BCUT2D eigenvalue weighted by atomic mass is 9.81. The number of hydrogen-bond acceptors (Lipinski definition) is 3. The predicted octanol–water partition coefficient (Wildman–Crippen LogP) is 3.26. The Morgan fingerprint density at radius 2 is 1.96 bits per heavy atom. The molecule has 3 atom stereocenters. The van der Waals surface area contributed by atoms with Gasteiger partial charge in [0.15, 0.2) is 0 Å². The second-order valence-electron chi connectivity index (χ2n) is 9.02. The van der Waals surface area contributed by atoms with Crippen molar-refractivity contribution < 1.29 is 19.4 Å². The van der Waals surface area contributed by atoms with E-state index in [0.29, 0.717) is 25.6 Å². The molecule has 1 heterocycles. The van der Waals surface area contributed by atoms with Crippen molar-refractivity contribution in [3.05, 3.63) is 35.4 Å². The summed E-state index contributed by atoms with van der Waals surface area (Å²) in [6.07, 6.45) is 4.82. The molecule has 1 aliphatic heterocycles.